The first-order valence-corrected chi connectivity index (χ1v) is 11.2. The van der Waals surface area contributed by atoms with Crippen LogP contribution in [-0.2, 0) is 19.6 Å². The number of halogens is 2. The fraction of sp³-hybridized carbons (Fsp3) is 0.130. The molecule has 3 rings (SSSR count). The van der Waals surface area contributed by atoms with Gasteiger partial charge in [0, 0.05) is 18.8 Å². The molecule has 0 heterocycles. The van der Waals surface area contributed by atoms with Crippen molar-refractivity contribution in [2.75, 3.05) is 30.4 Å². The van der Waals surface area contributed by atoms with Gasteiger partial charge in [-0.3, -0.25) is 9.10 Å². The molecule has 0 fully saturated rings. The Morgan fingerprint density at radius 2 is 1.65 bits per heavy atom. The maximum absolute atomic E-state index is 13.2. The summed E-state index contributed by atoms with van der Waals surface area (Å²) in [5.41, 5.74) is 0.341. The fourth-order valence-electron chi connectivity index (χ4n) is 2.93. The van der Waals surface area contributed by atoms with Crippen molar-refractivity contribution in [1.82, 2.24) is 0 Å². The van der Waals surface area contributed by atoms with Crippen molar-refractivity contribution >= 4 is 33.3 Å². The summed E-state index contributed by atoms with van der Waals surface area (Å²) in [6.07, 6.45) is 0. The van der Waals surface area contributed by atoms with Crippen molar-refractivity contribution < 1.29 is 36.3 Å². The maximum atomic E-state index is 13.2. The number of nitrogens with zero attached hydrogens (tertiary/aromatic N) is 1. The Bertz CT molecular complexity index is 1310. The lowest BCUT2D eigenvalue weighted by atomic mass is 10.2. The lowest BCUT2D eigenvalue weighted by Crippen LogP contribution is -2.27. The number of rotatable bonds is 8. The summed E-state index contributed by atoms with van der Waals surface area (Å²) in [6, 6.07) is 14.4. The van der Waals surface area contributed by atoms with Gasteiger partial charge in [0.25, 0.3) is 15.9 Å². The van der Waals surface area contributed by atoms with Gasteiger partial charge in [-0.1, -0.05) is 12.1 Å². The summed E-state index contributed by atoms with van der Waals surface area (Å²) in [5.74, 6) is -3.47. The summed E-state index contributed by atoms with van der Waals surface area (Å²) in [7, 11) is -1.15. The molecule has 0 aromatic heterocycles. The Labute approximate surface area is 194 Å². The minimum absolute atomic E-state index is 0.00586. The molecular formula is C23H20F2N2O6S. The smallest absolute Gasteiger partial charge is 0.338 e. The van der Waals surface area contributed by atoms with E-state index in [-0.39, 0.29) is 16.1 Å². The number of methoxy groups -OCH3 is 1. The minimum atomic E-state index is -3.95. The van der Waals surface area contributed by atoms with Crippen LogP contribution in [0.1, 0.15) is 10.4 Å². The van der Waals surface area contributed by atoms with Crippen LogP contribution in [0, 0.1) is 11.6 Å². The normalized spacial score (nSPS) is 10.9. The Balaban J connectivity index is 1.64. The van der Waals surface area contributed by atoms with E-state index in [2.05, 4.69) is 5.32 Å². The molecule has 8 nitrogen and oxygen atoms in total. The first-order chi connectivity index (χ1) is 16.1. The summed E-state index contributed by atoms with van der Waals surface area (Å²) in [6.45, 7) is -0.686. The number of anilines is 2. The average Bonchev–Trinajstić information content (AvgIpc) is 2.84. The zero-order chi connectivity index (χ0) is 24.9. The van der Waals surface area contributed by atoms with Crippen LogP contribution in [0.25, 0.3) is 0 Å². The zero-order valence-corrected chi connectivity index (χ0v) is 18.9. The van der Waals surface area contributed by atoms with E-state index in [1.54, 1.807) is 24.3 Å². The maximum Gasteiger partial charge on any atom is 0.338 e. The SMILES string of the molecule is COc1ccccc1N(C)S(=O)(=O)c1ccc(C(=O)OCC(=O)Nc2ccc(F)c(F)c2)cc1. The molecule has 0 unspecified atom stereocenters. The van der Waals surface area contributed by atoms with E-state index < -0.39 is 40.1 Å². The lowest BCUT2D eigenvalue weighted by molar-refractivity contribution is -0.119. The molecule has 1 N–H and O–H groups in total. The predicted octanol–water partition coefficient (Wildman–Crippen LogP) is 3.59. The van der Waals surface area contributed by atoms with Crippen LogP contribution in [0.2, 0.25) is 0 Å². The van der Waals surface area contributed by atoms with Crippen LogP contribution >= 0.6 is 0 Å². The van der Waals surface area contributed by atoms with Crippen LogP contribution < -0.4 is 14.4 Å². The third kappa shape index (κ3) is 5.49. The molecule has 0 aliphatic heterocycles. The number of hydrogen-bond donors (Lipinski definition) is 1. The summed E-state index contributed by atoms with van der Waals surface area (Å²) >= 11 is 0. The van der Waals surface area contributed by atoms with Gasteiger partial charge in [-0.15, -0.1) is 0 Å². The highest BCUT2D eigenvalue weighted by Gasteiger charge is 2.24. The topological polar surface area (TPSA) is 102 Å². The van der Waals surface area contributed by atoms with Gasteiger partial charge in [0.15, 0.2) is 18.2 Å². The summed E-state index contributed by atoms with van der Waals surface area (Å²) < 4.78 is 63.2. The average molecular weight is 490 g/mol. The molecular weight excluding hydrogens is 470 g/mol. The molecule has 0 saturated heterocycles. The minimum Gasteiger partial charge on any atom is -0.495 e. The molecule has 178 valence electrons. The van der Waals surface area contributed by atoms with Crippen molar-refractivity contribution in [3.63, 3.8) is 0 Å². The first kappa shape index (κ1) is 24.6. The number of sulfonamides is 1. The molecule has 0 radical (unpaired) electrons. The molecule has 3 aromatic carbocycles. The molecule has 1 amide bonds. The quantitative estimate of drug-likeness (QED) is 0.484. The molecule has 0 aliphatic rings. The standard InChI is InChI=1S/C23H20F2N2O6S/c1-27(20-5-3-4-6-21(20)32-2)34(30,31)17-10-7-15(8-11-17)23(29)33-14-22(28)26-16-9-12-18(24)19(25)13-16/h3-13H,14H2,1-2H3,(H,26,28). The number of carbonyl (C=O) groups is 2. The summed E-state index contributed by atoms with van der Waals surface area (Å²) in [4.78, 5) is 24.0. The number of hydrogen-bond acceptors (Lipinski definition) is 6. The highest BCUT2D eigenvalue weighted by molar-refractivity contribution is 7.92. The van der Waals surface area contributed by atoms with Gasteiger partial charge in [0.1, 0.15) is 5.75 Å². The third-order valence-corrected chi connectivity index (χ3v) is 6.50. The van der Waals surface area contributed by atoms with Crippen LogP contribution in [0.4, 0.5) is 20.2 Å². The van der Waals surface area contributed by atoms with Gasteiger partial charge in [-0.05, 0) is 48.5 Å². The van der Waals surface area contributed by atoms with Gasteiger partial charge < -0.3 is 14.8 Å². The zero-order valence-electron chi connectivity index (χ0n) is 18.1. The van der Waals surface area contributed by atoms with E-state index in [4.69, 9.17) is 9.47 Å². The Kier molecular flexibility index (Phi) is 7.47. The number of benzene rings is 3. The van der Waals surface area contributed by atoms with Crippen molar-refractivity contribution in [1.29, 1.82) is 0 Å². The number of nitrogens with one attached hydrogen (secondary N) is 1. The number of ether oxygens (including phenoxy) is 2. The second-order valence-corrected chi connectivity index (χ2v) is 8.89. The van der Waals surface area contributed by atoms with Crippen molar-refractivity contribution in [2.45, 2.75) is 4.90 Å². The third-order valence-electron chi connectivity index (χ3n) is 4.71. The van der Waals surface area contributed by atoms with Gasteiger partial charge >= 0.3 is 5.97 Å². The highest BCUT2D eigenvalue weighted by atomic mass is 32.2. The molecule has 0 atom stereocenters. The van der Waals surface area contributed by atoms with Crippen LogP contribution in [0.15, 0.2) is 71.6 Å². The number of para-hydroxylation sites is 2. The Hall–Kier alpha value is -3.99. The van der Waals surface area contributed by atoms with Crippen LogP contribution in [0.5, 0.6) is 5.75 Å². The van der Waals surface area contributed by atoms with E-state index >= 15 is 0 Å². The molecule has 0 aliphatic carbocycles. The van der Waals surface area contributed by atoms with E-state index in [1.807, 2.05) is 0 Å². The Morgan fingerprint density at radius 3 is 2.29 bits per heavy atom. The first-order valence-electron chi connectivity index (χ1n) is 9.77. The van der Waals surface area contributed by atoms with Crippen molar-refractivity contribution in [3.05, 3.63) is 83.9 Å². The van der Waals surface area contributed by atoms with E-state index in [1.165, 1.54) is 38.4 Å². The molecule has 34 heavy (non-hydrogen) atoms. The van der Waals surface area contributed by atoms with Gasteiger partial charge in [-0.25, -0.2) is 22.0 Å². The van der Waals surface area contributed by atoms with Crippen molar-refractivity contribution in [2.24, 2.45) is 0 Å². The number of amides is 1. The second kappa shape index (κ2) is 10.3. The van der Waals surface area contributed by atoms with Crippen LogP contribution in [-0.4, -0.2) is 41.1 Å². The molecule has 11 heteroatoms. The highest BCUT2D eigenvalue weighted by Crippen LogP contribution is 2.30. The van der Waals surface area contributed by atoms with Crippen molar-refractivity contribution in [3.8, 4) is 5.75 Å². The second-order valence-electron chi connectivity index (χ2n) is 6.92. The summed E-state index contributed by atoms with van der Waals surface area (Å²) in [5, 5.41) is 2.27. The predicted molar refractivity (Wildman–Crippen MR) is 120 cm³/mol. The van der Waals surface area contributed by atoms with E-state index in [0.717, 1.165) is 22.5 Å². The Morgan fingerprint density at radius 1 is 0.971 bits per heavy atom. The van der Waals surface area contributed by atoms with E-state index in [0.29, 0.717) is 11.4 Å². The fourth-order valence-corrected chi connectivity index (χ4v) is 4.13. The van der Waals surface area contributed by atoms with Gasteiger partial charge in [0.05, 0.1) is 23.3 Å². The molecule has 0 bridgehead atoms. The van der Waals surface area contributed by atoms with Gasteiger partial charge in [-0.2, -0.15) is 0 Å². The monoisotopic (exact) mass is 490 g/mol. The number of carbonyl (C=O) groups excluding carboxylic acids is 2. The van der Waals surface area contributed by atoms with Gasteiger partial charge in [0.2, 0.25) is 0 Å². The molecule has 0 saturated carbocycles. The van der Waals surface area contributed by atoms with E-state index in [9.17, 15) is 26.8 Å². The largest absolute Gasteiger partial charge is 0.495 e. The van der Waals surface area contributed by atoms with Crippen LogP contribution in [0.3, 0.4) is 0 Å². The number of esters is 1. The molecule has 0 spiro atoms. The lowest BCUT2D eigenvalue weighted by Gasteiger charge is -2.21. The molecule has 3 aromatic rings.